The van der Waals surface area contributed by atoms with Crippen LogP contribution in [0.2, 0.25) is 0 Å². The standard InChI is InChI=1S/C33H38F3N3O4/c1-22-18-39(23(2)21-40)32(42)28-17-27(37-31(41)15-16-33(34,35)36)13-14-29(28)43-30(22)20-38(3)19-24-9-11-26(12-10-24)25-7-5-4-6-8-25/h4-14,17,22-23,30,40H,15-16,18-21H2,1-3H3,(H,37,41)/t22-,23+,30-/m1/s1. The van der Waals surface area contributed by atoms with Gasteiger partial charge in [0.2, 0.25) is 5.91 Å². The van der Waals surface area contributed by atoms with E-state index in [9.17, 15) is 27.9 Å². The van der Waals surface area contributed by atoms with Gasteiger partial charge in [-0.2, -0.15) is 13.2 Å². The van der Waals surface area contributed by atoms with Gasteiger partial charge in [0.1, 0.15) is 11.9 Å². The quantitative estimate of drug-likeness (QED) is 0.300. The largest absolute Gasteiger partial charge is 0.488 e. The highest BCUT2D eigenvalue weighted by Crippen LogP contribution is 2.31. The Morgan fingerprint density at radius 2 is 1.77 bits per heavy atom. The molecule has 3 aromatic rings. The molecule has 2 N–H and O–H groups in total. The highest BCUT2D eigenvalue weighted by atomic mass is 19.4. The fourth-order valence-corrected chi connectivity index (χ4v) is 5.11. The minimum Gasteiger partial charge on any atom is -0.488 e. The van der Waals surface area contributed by atoms with E-state index in [4.69, 9.17) is 4.74 Å². The molecule has 0 spiro atoms. The van der Waals surface area contributed by atoms with Gasteiger partial charge < -0.3 is 20.1 Å². The number of likely N-dealkylation sites (N-methyl/N-ethyl adjacent to an activating group) is 1. The van der Waals surface area contributed by atoms with E-state index in [-0.39, 0.29) is 35.8 Å². The molecule has 0 bridgehead atoms. The van der Waals surface area contributed by atoms with Crippen LogP contribution in [-0.4, -0.2) is 71.8 Å². The van der Waals surface area contributed by atoms with Crippen molar-refractivity contribution in [2.45, 2.75) is 51.6 Å². The summed E-state index contributed by atoms with van der Waals surface area (Å²) in [4.78, 5) is 29.5. The van der Waals surface area contributed by atoms with Crippen LogP contribution in [0.5, 0.6) is 5.75 Å². The number of anilines is 1. The zero-order valence-corrected chi connectivity index (χ0v) is 24.6. The Hall–Kier alpha value is -3.89. The van der Waals surface area contributed by atoms with Crippen molar-refractivity contribution in [3.63, 3.8) is 0 Å². The molecule has 0 aromatic heterocycles. The van der Waals surface area contributed by atoms with Crippen molar-refractivity contribution in [1.29, 1.82) is 0 Å². The van der Waals surface area contributed by atoms with Gasteiger partial charge in [-0.15, -0.1) is 0 Å². The Morgan fingerprint density at radius 1 is 1.09 bits per heavy atom. The molecule has 230 valence electrons. The number of nitrogens with one attached hydrogen (secondary N) is 1. The molecular weight excluding hydrogens is 559 g/mol. The number of aliphatic hydroxyl groups excluding tert-OH is 1. The third-order valence-corrected chi connectivity index (χ3v) is 7.59. The number of hydrogen-bond acceptors (Lipinski definition) is 5. The van der Waals surface area contributed by atoms with Gasteiger partial charge in [-0.05, 0) is 48.9 Å². The second kappa shape index (κ2) is 14.1. The number of carbonyl (C=O) groups is 2. The number of halogens is 3. The van der Waals surface area contributed by atoms with Crippen LogP contribution in [0.15, 0.2) is 72.8 Å². The van der Waals surface area contributed by atoms with Crippen LogP contribution in [0.3, 0.4) is 0 Å². The van der Waals surface area contributed by atoms with E-state index in [1.807, 2.05) is 32.2 Å². The van der Waals surface area contributed by atoms with Crippen molar-refractivity contribution in [2.24, 2.45) is 5.92 Å². The van der Waals surface area contributed by atoms with Crippen LogP contribution in [0.1, 0.15) is 42.6 Å². The summed E-state index contributed by atoms with van der Waals surface area (Å²) in [5.41, 5.74) is 3.79. The Labute approximate surface area is 250 Å². The number of aliphatic hydroxyl groups is 1. The number of alkyl halides is 3. The number of ether oxygens (including phenoxy) is 1. The van der Waals surface area contributed by atoms with Crippen molar-refractivity contribution in [2.75, 3.05) is 32.1 Å². The lowest BCUT2D eigenvalue weighted by molar-refractivity contribution is -0.142. The molecule has 1 aliphatic rings. The van der Waals surface area contributed by atoms with Gasteiger partial charge >= 0.3 is 6.18 Å². The van der Waals surface area contributed by atoms with Gasteiger partial charge in [0.15, 0.2) is 0 Å². The molecule has 0 radical (unpaired) electrons. The monoisotopic (exact) mass is 597 g/mol. The first-order valence-corrected chi connectivity index (χ1v) is 14.4. The maximum absolute atomic E-state index is 13.6. The molecule has 0 fully saturated rings. The molecule has 0 unspecified atom stereocenters. The molecule has 1 heterocycles. The molecule has 1 aliphatic heterocycles. The van der Waals surface area contributed by atoms with Crippen LogP contribution in [0.25, 0.3) is 11.1 Å². The highest BCUT2D eigenvalue weighted by Gasteiger charge is 2.34. The first-order chi connectivity index (χ1) is 20.4. The van der Waals surface area contributed by atoms with Crippen molar-refractivity contribution in [3.8, 4) is 16.9 Å². The molecule has 0 saturated heterocycles. The number of fused-ring (bicyclic) bond motifs is 1. The topological polar surface area (TPSA) is 82.1 Å². The van der Waals surface area contributed by atoms with E-state index < -0.39 is 31.0 Å². The highest BCUT2D eigenvalue weighted by molar-refractivity contribution is 5.99. The summed E-state index contributed by atoms with van der Waals surface area (Å²) >= 11 is 0. The molecular formula is C33H38F3N3O4. The summed E-state index contributed by atoms with van der Waals surface area (Å²) in [5, 5.41) is 12.3. The van der Waals surface area contributed by atoms with Crippen LogP contribution in [0.4, 0.5) is 18.9 Å². The molecule has 2 amide bonds. The van der Waals surface area contributed by atoms with Gasteiger partial charge in [-0.1, -0.05) is 61.5 Å². The molecule has 7 nitrogen and oxygen atoms in total. The minimum atomic E-state index is -4.45. The lowest BCUT2D eigenvalue weighted by Crippen LogP contribution is -2.49. The SMILES string of the molecule is C[C@@H]1CN([C@@H](C)CO)C(=O)c2cc(NC(=O)CCC(F)(F)F)ccc2O[C@@H]1CN(C)Cc1ccc(-c2ccccc2)cc1. The summed E-state index contributed by atoms with van der Waals surface area (Å²) in [6.07, 6.45) is -6.73. The molecule has 3 aromatic carbocycles. The summed E-state index contributed by atoms with van der Waals surface area (Å²) < 4.78 is 44.1. The number of nitrogens with zero attached hydrogens (tertiary/aromatic N) is 2. The molecule has 4 rings (SSSR count). The minimum absolute atomic E-state index is 0.0873. The number of amides is 2. The summed E-state index contributed by atoms with van der Waals surface area (Å²) in [7, 11) is 2.00. The Bertz CT molecular complexity index is 1380. The lowest BCUT2D eigenvalue weighted by atomic mass is 9.99. The van der Waals surface area contributed by atoms with Crippen LogP contribution in [-0.2, 0) is 11.3 Å². The second-order valence-corrected chi connectivity index (χ2v) is 11.3. The average molecular weight is 598 g/mol. The zero-order chi connectivity index (χ0) is 31.1. The normalized spacial score (nSPS) is 18.0. The van der Waals surface area contributed by atoms with Crippen LogP contribution < -0.4 is 10.1 Å². The number of benzene rings is 3. The van der Waals surface area contributed by atoms with E-state index in [2.05, 4.69) is 46.6 Å². The first-order valence-electron chi connectivity index (χ1n) is 14.4. The Kier molecular flexibility index (Phi) is 10.5. The maximum Gasteiger partial charge on any atom is 0.389 e. The third kappa shape index (κ3) is 8.81. The summed E-state index contributed by atoms with van der Waals surface area (Å²) in [6.45, 7) is 5.05. The van der Waals surface area contributed by atoms with E-state index in [1.165, 1.54) is 12.1 Å². The predicted molar refractivity (Wildman–Crippen MR) is 160 cm³/mol. The van der Waals surface area contributed by atoms with Crippen molar-refractivity contribution >= 4 is 17.5 Å². The molecule has 3 atom stereocenters. The van der Waals surface area contributed by atoms with E-state index in [1.54, 1.807) is 17.9 Å². The van der Waals surface area contributed by atoms with E-state index in [0.29, 0.717) is 25.4 Å². The number of rotatable bonds is 10. The predicted octanol–water partition coefficient (Wildman–Crippen LogP) is 5.99. The second-order valence-electron chi connectivity index (χ2n) is 11.3. The van der Waals surface area contributed by atoms with Gasteiger partial charge in [0.25, 0.3) is 5.91 Å². The molecule has 43 heavy (non-hydrogen) atoms. The molecule has 0 saturated carbocycles. The zero-order valence-electron chi connectivity index (χ0n) is 24.6. The van der Waals surface area contributed by atoms with E-state index in [0.717, 1.165) is 16.7 Å². The smallest absolute Gasteiger partial charge is 0.389 e. The summed E-state index contributed by atoms with van der Waals surface area (Å²) in [6, 6.07) is 22.6. The van der Waals surface area contributed by atoms with Gasteiger partial charge in [-0.25, -0.2) is 0 Å². The third-order valence-electron chi connectivity index (χ3n) is 7.59. The molecule has 0 aliphatic carbocycles. The van der Waals surface area contributed by atoms with Gasteiger partial charge in [0.05, 0.1) is 24.6 Å². The fraction of sp³-hybridized carbons (Fsp3) is 0.394. The first kappa shape index (κ1) is 32.0. The van der Waals surface area contributed by atoms with Crippen LogP contribution in [0, 0.1) is 5.92 Å². The van der Waals surface area contributed by atoms with Crippen molar-refractivity contribution < 1.29 is 32.6 Å². The van der Waals surface area contributed by atoms with Gasteiger partial charge in [-0.3, -0.25) is 14.5 Å². The number of hydrogen-bond donors (Lipinski definition) is 2. The maximum atomic E-state index is 13.6. The van der Waals surface area contributed by atoms with Crippen molar-refractivity contribution in [3.05, 3.63) is 83.9 Å². The molecule has 10 heteroatoms. The Morgan fingerprint density at radius 3 is 2.42 bits per heavy atom. The summed E-state index contributed by atoms with van der Waals surface area (Å²) in [5.74, 6) is -0.969. The Balaban J connectivity index is 1.51. The van der Waals surface area contributed by atoms with E-state index >= 15 is 0 Å². The fourth-order valence-electron chi connectivity index (χ4n) is 5.11. The number of carbonyl (C=O) groups excluding carboxylic acids is 2. The van der Waals surface area contributed by atoms with Gasteiger partial charge in [0, 0.05) is 37.7 Å². The average Bonchev–Trinajstić information content (AvgIpc) is 2.98. The lowest BCUT2D eigenvalue weighted by Gasteiger charge is -2.38. The van der Waals surface area contributed by atoms with Crippen LogP contribution >= 0.6 is 0 Å². The van der Waals surface area contributed by atoms with Crippen molar-refractivity contribution in [1.82, 2.24) is 9.80 Å².